The predicted octanol–water partition coefficient (Wildman–Crippen LogP) is 1.31. The Morgan fingerprint density at radius 3 is 2.53 bits per heavy atom. The summed E-state index contributed by atoms with van der Waals surface area (Å²) in [4.78, 5) is 26.1. The number of hydrogen-bond donors (Lipinski definition) is 2. The summed E-state index contributed by atoms with van der Waals surface area (Å²) >= 11 is 0. The van der Waals surface area contributed by atoms with E-state index in [1.54, 1.807) is 0 Å². The van der Waals surface area contributed by atoms with Crippen molar-refractivity contribution in [1.82, 2.24) is 4.98 Å². The van der Waals surface area contributed by atoms with E-state index in [0.717, 1.165) is 55.3 Å². The quantitative estimate of drug-likeness (QED) is 0.827. The maximum Gasteiger partial charge on any atom is 0.261 e. The van der Waals surface area contributed by atoms with Crippen LogP contribution in [0.25, 0.3) is 0 Å². The molecule has 1 aromatic heterocycles. The maximum atomic E-state index is 11.9. The standard InChI is InChI=1S/C13H18N2O2/c1-2-5-10-8-6-3-4-7-9(8)11(12(14)16)13(17)15-10/h2-7H2,1H3,(H2,14,16)(H,15,17). The van der Waals surface area contributed by atoms with Crippen LogP contribution < -0.4 is 11.3 Å². The lowest BCUT2D eigenvalue weighted by atomic mass is 9.86. The molecule has 1 aromatic rings. The Morgan fingerprint density at radius 2 is 1.94 bits per heavy atom. The van der Waals surface area contributed by atoms with Crippen molar-refractivity contribution in [3.8, 4) is 0 Å². The first-order valence-electron chi connectivity index (χ1n) is 6.21. The second-order valence-electron chi connectivity index (χ2n) is 4.59. The summed E-state index contributed by atoms with van der Waals surface area (Å²) in [5, 5.41) is 0. The summed E-state index contributed by atoms with van der Waals surface area (Å²) in [5.41, 5.74) is 8.22. The van der Waals surface area contributed by atoms with Gasteiger partial charge in [-0.1, -0.05) is 13.3 Å². The summed E-state index contributed by atoms with van der Waals surface area (Å²) in [7, 11) is 0. The molecule has 92 valence electrons. The average molecular weight is 234 g/mol. The van der Waals surface area contributed by atoms with E-state index in [0.29, 0.717) is 0 Å². The zero-order valence-corrected chi connectivity index (χ0v) is 10.1. The number of H-pyrrole nitrogens is 1. The molecule has 4 nitrogen and oxygen atoms in total. The highest BCUT2D eigenvalue weighted by Gasteiger charge is 2.22. The number of carbonyl (C=O) groups excluding carboxylic acids is 1. The van der Waals surface area contributed by atoms with Gasteiger partial charge < -0.3 is 10.7 Å². The third-order valence-corrected chi connectivity index (χ3v) is 3.37. The lowest BCUT2D eigenvalue weighted by Crippen LogP contribution is -2.30. The highest BCUT2D eigenvalue weighted by molar-refractivity contribution is 5.94. The van der Waals surface area contributed by atoms with Crippen LogP contribution in [0.1, 0.15) is 53.4 Å². The van der Waals surface area contributed by atoms with Crippen LogP contribution in [-0.2, 0) is 19.3 Å². The zero-order valence-electron chi connectivity index (χ0n) is 10.1. The van der Waals surface area contributed by atoms with E-state index in [1.165, 1.54) is 0 Å². The van der Waals surface area contributed by atoms with E-state index in [-0.39, 0.29) is 11.1 Å². The molecule has 0 aromatic carbocycles. The molecule has 0 aliphatic heterocycles. The average Bonchev–Trinajstić information content (AvgIpc) is 2.28. The SMILES string of the molecule is CCCc1[nH]c(=O)c(C(N)=O)c2c1CCCC2. The van der Waals surface area contributed by atoms with Crippen molar-refractivity contribution < 1.29 is 4.79 Å². The van der Waals surface area contributed by atoms with Gasteiger partial charge in [0.15, 0.2) is 0 Å². The largest absolute Gasteiger partial charge is 0.365 e. The van der Waals surface area contributed by atoms with Gasteiger partial charge in [0.05, 0.1) is 0 Å². The van der Waals surface area contributed by atoms with Crippen molar-refractivity contribution in [2.45, 2.75) is 45.4 Å². The van der Waals surface area contributed by atoms with E-state index in [1.807, 2.05) is 0 Å². The van der Waals surface area contributed by atoms with Gasteiger partial charge in [-0.2, -0.15) is 0 Å². The van der Waals surface area contributed by atoms with Gasteiger partial charge >= 0.3 is 0 Å². The number of primary amides is 1. The highest BCUT2D eigenvalue weighted by Crippen LogP contribution is 2.25. The minimum Gasteiger partial charge on any atom is -0.365 e. The van der Waals surface area contributed by atoms with Crippen molar-refractivity contribution >= 4 is 5.91 Å². The fraction of sp³-hybridized carbons (Fsp3) is 0.538. The van der Waals surface area contributed by atoms with Crippen LogP contribution in [-0.4, -0.2) is 10.9 Å². The number of nitrogens with two attached hydrogens (primary N) is 1. The molecule has 4 heteroatoms. The number of amides is 1. The summed E-state index contributed by atoms with van der Waals surface area (Å²) < 4.78 is 0. The molecule has 3 N–H and O–H groups in total. The Morgan fingerprint density at radius 1 is 1.29 bits per heavy atom. The van der Waals surface area contributed by atoms with Crippen molar-refractivity contribution in [3.63, 3.8) is 0 Å². The highest BCUT2D eigenvalue weighted by atomic mass is 16.2. The lowest BCUT2D eigenvalue weighted by molar-refractivity contribution is 0.0997. The van der Waals surface area contributed by atoms with Gasteiger partial charge in [0.1, 0.15) is 5.56 Å². The molecule has 0 spiro atoms. The van der Waals surface area contributed by atoms with Gasteiger partial charge in [-0.3, -0.25) is 9.59 Å². The van der Waals surface area contributed by atoms with E-state index in [2.05, 4.69) is 11.9 Å². The first-order chi connectivity index (χ1) is 8.15. The Hall–Kier alpha value is -1.58. The fourth-order valence-corrected chi connectivity index (χ4v) is 2.65. The Bertz CT molecular complexity index is 503. The molecule has 0 bridgehead atoms. The Kier molecular flexibility index (Phi) is 3.31. The van der Waals surface area contributed by atoms with Gasteiger partial charge in [0, 0.05) is 5.69 Å². The molecule has 0 radical (unpaired) electrons. The van der Waals surface area contributed by atoms with Crippen LogP contribution in [0.3, 0.4) is 0 Å². The first-order valence-corrected chi connectivity index (χ1v) is 6.21. The molecule has 0 atom stereocenters. The first kappa shape index (κ1) is 11.9. The molecule has 1 aliphatic carbocycles. The molecular weight excluding hydrogens is 216 g/mol. The van der Waals surface area contributed by atoms with Gasteiger partial charge in [-0.05, 0) is 43.2 Å². The van der Waals surface area contributed by atoms with E-state index in [9.17, 15) is 9.59 Å². The monoisotopic (exact) mass is 234 g/mol. The number of aryl methyl sites for hydroxylation is 1. The molecule has 1 heterocycles. The van der Waals surface area contributed by atoms with Crippen molar-refractivity contribution in [1.29, 1.82) is 0 Å². The predicted molar refractivity (Wildman–Crippen MR) is 66.2 cm³/mol. The molecule has 2 rings (SSSR count). The number of hydrogen-bond acceptors (Lipinski definition) is 2. The molecule has 1 amide bonds. The van der Waals surface area contributed by atoms with Crippen LogP contribution in [0.15, 0.2) is 4.79 Å². The normalized spacial score (nSPS) is 14.4. The van der Waals surface area contributed by atoms with E-state index in [4.69, 9.17) is 5.73 Å². The molecule has 0 unspecified atom stereocenters. The molecular formula is C13H18N2O2. The Balaban J connectivity index is 2.65. The lowest BCUT2D eigenvalue weighted by Gasteiger charge is -2.20. The topological polar surface area (TPSA) is 75.9 Å². The van der Waals surface area contributed by atoms with Gasteiger partial charge in [-0.15, -0.1) is 0 Å². The van der Waals surface area contributed by atoms with Crippen LogP contribution in [0.5, 0.6) is 0 Å². The van der Waals surface area contributed by atoms with Crippen LogP contribution in [0.2, 0.25) is 0 Å². The zero-order chi connectivity index (χ0) is 12.4. The summed E-state index contributed by atoms with van der Waals surface area (Å²) in [6, 6.07) is 0. The number of fused-ring (bicyclic) bond motifs is 1. The number of pyridine rings is 1. The summed E-state index contributed by atoms with van der Waals surface area (Å²) in [6.45, 7) is 2.08. The van der Waals surface area contributed by atoms with Crippen molar-refractivity contribution in [2.75, 3.05) is 0 Å². The van der Waals surface area contributed by atoms with Crippen molar-refractivity contribution in [3.05, 3.63) is 32.7 Å². The minimum atomic E-state index is -0.604. The van der Waals surface area contributed by atoms with E-state index < -0.39 is 5.91 Å². The second kappa shape index (κ2) is 4.73. The molecule has 0 saturated heterocycles. The molecule has 1 aliphatic rings. The van der Waals surface area contributed by atoms with Crippen LogP contribution in [0.4, 0.5) is 0 Å². The third kappa shape index (κ3) is 2.12. The number of aromatic amines is 1. The number of rotatable bonds is 3. The number of carbonyl (C=O) groups is 1. The number of nitrogens with one attached hydrogen (secondary N) is 1. The van der Waals surface area contributed by atoms with Crippen molar-refractivity contribution in [2.24, 2.45) is 5.73 Å². The summed E-state index contributed by atoms with van der Waals surface area (Å²) in [5.74, 6) is -0.604. The maximum absolute atomic E-state index is 11.9. The van der Waals surface area contributed by atoms with Gasteiger partial charge in [0.25, 0.3) is 11.5 Å². The van der Waals surface area contributed by atoms with E-state index >= 15 is 0 Å². The smallest absolute Gasteiger partial charge is 0.261 e. The number of aromatic nitrogens is 1. The second-order valence-corrected chi connectivity index (χ2v) is 4.59. The minimum absolute atomic E-state index is 0.180. The third-order valence-electron chi connectivity index (χ3n) is 3.37. The fourth-order valence-electron chi connectivity index (χ4n) is 2.65. The van der Waals surface area contributed by atoms with Crippen LogP contribution in [0, 0.1) is 0 Å². The Labute approximate surface area is 100 Å². The summed E-state index contributed by atoms with van der Waals surface area (Å²) in [6.07, 6.45) is 5.74. The molecule has 0 fully saturated rings. The van der Waals surface area contributed by atoms with Gasteiger partial charge in [-0.25, -0.2) is 0 Å². The molecule has 17 heavy (non-hydrogen) atoms. The molecule has 0 saturated carbocycles. The van der Waals surface area contributed by atoms with Gasteiger partial charge in [0.2, 0.25) is 0 Å². The van der Waals surface area contributed by atoms with Crippen LogP contribution >= 0.6 is 0 Å².